The van der Waals surface area contributed by atoms with Crippen molar-refractivity contribution in [2.75, 3.05) is 7.11 Å². The summed E-state index contributed by atoms with van der Waals surface area (Å²) in [5, 5.41) is 13.1. The maximum Gasteiger partial charge on any atom is 0.243 e. The minimum Gasteiger partial charge on any atom is -0.494 e. The molecule has 0 aliphatic heterocycles. The molecule has 4 rings (SSSR count). The van der Waals surface area contributed by atoms with Crippen LogP contribution in [0.5, 0.6) is 5.75 Å². The van der Waals surface area contributed by atoms with Gasteiger partial charge in [-0.2, -0.15) is 8.99 Å². The average molecular weight is 434 g/mol. The first kappa shape index (κ1) is 20.0. The van der Waals surface area contributed by atoms with E-state index >= 15 is 0 Å². The SMILES string of the molecule is COc1cc(S(=O)(=O)N(Cc2cccs2)C2CCCCC2)ccc1-n1cnnn1. The molecule has 0 bridgehead atoms. The van der Waals surface area contributed by atoms with Crippen LogP contribution in [0.3, 0.4) is 0 Å². The van der Waals surface area contributed by atoms with Crippen LogP contribution < -0.4 is 4.74 Å². The number of hydrogen-bond donors (Lipinski definition) is 0. The number of hydrogen-bond acceptors (Lipinski definition) is 7. The lowest BCUT2D eigenvalue weighted by Gasteiger charge is -2.33. The molecular formula is C19H23N5O3S2. The molecule has 0 N–H and O–H groups in total. The van der Waals surface area contributed by atoms with Crippen LogP contribution in [0, 0.1) is 0 Å². The highest BCUT2D eigenvalue weighted by Crippen LogP contribution is 2.33. The minimum absolute atomic E-state index is 0.0148. The molecule has 2 aromatic heterocycles. The standard InChI is InChI=1S/C19H23N5O3S2/c1-27-19-12-17(9-10-18(19)23-14-20-21-22-23)29(25,26)24(13-16-8-5-11-28-16)15-6-3-2-4-7-15/h5,8-12,14-15H,2-4,6-7,13H2,1H3. The highest BCUT2D eigenvalue weighted by molar-refractivity contribution is 7.89. The average Bonchev–Trinajstić information content (AvgIpc) is 3.46. The Morgan fingerprint density at radius 3 is 2.72 bits per heavy atom. The molecule has 1 fully saturated rings. The highest BCUT2D eigenvalue weighted by atomic mass is 32.2. The summed E-state index contributed by atoms with van der Waals surface area (Å²) in [5.41, 5.74) is 0.582. The molecule has 2 heterocycles. The first-order chi connectivity index (χ1) is 14.1. The molecule has 0 saturated heterocycles. The maximum absolute atomic E-state index is 13.7. The van der Waals surface area contributed by atoms with E-state index in [0.29, 0.717) is 18.0 Å². The smallest absolute Gasteiger partial charge is 0.243 e. The Labute approximate surface area is 174 Å². The molecule has 0 atom stereocenters. The molecule has 1 aromatic carbocycles. The number of nitrogens with zero attached hydrogens (tertiary/aromatic N) is 5. The third-order valence-corrected chi connectivity index (χ3v) is 7.98. The Morgan fingerprint density at radius 1 is 1.24 bits per heavy atom. The van der Waals surface area contributed by atoms with Crippen molar-refractivity contribution in [3.05, 3.63) is 46.9 Å². The predicted octanol–water partition coefficient (Wildman–Crippen LogP) is 3.26. The third kappa shape index (κ3) is 4.19. The van der Waals surface area contributed by atoms with E-state index in [2.05, 4.69) is 15.5 Å². The molecule has 154 valence electrons. The van der Waals surface area contributed by atoms with Crippen LogP contribution in [0.2, 0.25) is 0 Å². The first-order valence-corrected chi connectivity index (χ1v) is 11.9. The normalized spacial score (nSPS) is 15.7. The Kier molecular flexibility index (Phi) is 5.93. The van der Waals surface area contributed by atoms with Gasteiger partial charge in [0.15, 0.2) is 0 Å². The molecule has 29 heavy (non-hydrogen) atoms. The van der Waals surface area contributed by atoms with Gasteiger partial charge >= 0.3 is 0 Å². The predicted molar refractivity (Wildman–Crippen MR) is 110 cm³/mol. The summed E-state index contributed by atoms with van der Waals surface area (Å²) in [6.45, 7) is 0.391. The Hall–Kier alpha value is -2.30. The number of methoxy groups -OCH3 is 1. The van der Waals surface area contributed by atoms with E-state index in [-0.39, 0.29) is 10.9 Å². The van der Waals surface area contributed by atoms with E-state index in [0.717, 1.165) is 37.0 Å². The van der Waals surface area contributed by atoms with Crippen LogP contribution in [0.1, 0.15) is 37.0 Å². The van der Waals surface area contributed by atoms with Gasteiger partial charge in [-0.05, 0) is 46.8 Å². The monoisotopic (exact) mass is 433 g/mol. The van der Waals surface area contributed by atoms with Crippen LogP contribution in [0.15, 0.2) is 46.9 Å². The number of ether oxygens (including phenoxy) is 1. The molecule has 0 amide bonds. The quantitative estimate of drug-likeness (QED) is 0.568. The van der Waals surface area contributed by atoms with Gasteiger partial charge in [0.1, 0.15) is 17.8 Å². The van der Waals surface area contributed by atoms with E-state index in [4.69, 9.17) is 4.74 Å². The molecule has 3 aromatic rings. The molecule has 0 radical (unpaired) electrons. The van der Waals surface area contributed by atoms with Crippen molar-refractivity contribution in [3.63, 3.8) is 0 Å². The van der Waals surface area contributed by atoms with E-state index in [1.165, 1.54) is 18.1 Å². The Morgan fingerprint density at radius 2 is 2.07 bits per heavy atom. The fourth-order valence-electron chi connectivity index (χ4n) is 3.75. The summed E-state index contributed by atoms with van der Waals surface area (Å²) in [7, 11) is -2.19. The molecule has 0 unspecified atom stereocenters. The van der Waals surface area contributed by atoms with E-state index in [1.807, 2.05) is 17.5 Å². The van der Waals surface area contributed by atoms with Gasteiger partial charge in [0.25, 0.3) is 0 Å². The molecule has 1 aliphatic carbocycles. The van der Waals surface area contributed by atoms with Crippen molar-refractivity contribution in [2.45, 2.75) is 49.6 Å². The van der Waals surface area contributed by atoms with Crippen molar-refractivity contribution in [1.29, 1.82) is 0 Å². The van der Waals surface area contributed by atoms with E-state index < -0.39 is 10.0 Å². The second-order valence-electron chi connectivity index (χ2n) is 7.01. The van der Waals surface area contributed by atoms with Gasteiger partial charge in [-0.15, -0.1) is 16.4 Å². The largest absolute Gasteiger partial charge is 0.494 e. The molecular weight excluding hydrogens is 410 g/mol. The zero-order chi connectivity index (χ0) is 20.3. The third-order valence-electron chi connectivity index (χ3n) is 5.23. The second-order valence-corrected chi connectivity index (χ2v) is 9.93. The minimum atomic E-state index is -3.70. The molecule has 1 saturated carbocycles. The van der Waals surface area contributed by atoms with Crippen LogP contribution >= 0.6 is 11.3 Å². The summed E-state index contributed by atoms with van der Waals surface area (Å²) in [5.74, 6) is 0.401. The number of benzene rings is 1. The Bertz CT molecular complexity index is 1030. The molecule has 8 nitrogen and oxygen atoms in total. The van der Waals surface area contributed by atoms with Crippen molar-refractivity contribution < 1.29 is 13.2 Å². The maximum atomic E-state index is 13.7. The number of sulfonamides is 1. The zero-order valence-electron chi connectivity index (χ0n) is 16.1. The van der Waals surface area contributed by atoms with E-state index in [1.54, 1.807) is 33.8 Å². The summed E-state index contributed by atoms with van der Waals surface area (Å²) in [4.78, 5) is 1.25. The fraction of sp³-hybridized carbons (Fsp3) is 0.421. The lowest BCUT2D eigenvalue weighted by atomic mass is 9.95. The van der Waals surface area contributed by atoms with Crippen LogP contribution in [0.4, 0.5) is 0 Å². The van der Waals surface area contributed by atoms with Crippen LogP contribution in [-0.2, 0) is 16.6 Å². The van der Waals surface area contributed by atoms with Gasteiger partial charge in [-0.25, -0.2) is 8.42 Å². The van der Waals surface area contributed by atoms with Crippen molar-refractivity contribution in [2.24, 2.45) is 0 Å². The number of aromatic nitrogens is 4. The van der Waals surface area contributed by atoms with Crippen LogP contribution in [-0.4, -0.2) is 46.1 Å². The van der Waals surface area contributed by atoms with Gasteiger partial charge in [0, 0.05) is 23.5 Å². The van der Waals surface area contributed by atoms with Crippen molar-refractivity contribution in [3.8, 4) is 11.4 Å². The molecule has 0 spiro atoms. The Balaban J connectivity index is 1.71. The number of tetrazole rings is 1. The number of thiophene rings is 1. The second kappa shape index (κ2) is 8.60. The zero-order valence-corrected chi connectivity index (χ0v) is 17.8. The van der Waals surface area contributed by atoms with Gasteiger partial charge in [-0.1, -0.05) is 25.3 Å². The summed E-state index contributed by atoms with van der Waals surface area (Å²) in [6.07, 6.45) is 6.51. The lowest BCUT2D eigenvalue weighted by molar-refractivity contribution is 0.249. The van der Waals surface area contributed by atoms with E-state index in [9.17, 15) is 8.42 Å². The lowest BCUT2D eigenvalue weighted by Crippen LogP contribution is -2.40. The molecule has 10 heteroatoms. The highest BCUT2D eigenvalue weighted by Gasteiger charge is 2.33. The summed E-state index contributed by atoms with van der Waals surface area (Å²) in [6, 6.07) is 8.77. The van der Waals surface area contributed by atoms with Gasteiger partial charge in [0.2, 0.25) is 10.0 Å². The first-order valence-electron chi connectivity index (χ1n) is 9.55. The summed E-state index contributed by atoms with van der Waals surface area (Å²) >= 11 is 1.58. The molecule has 1 aliphatic rings. The topological polar surface area (TPSA) is 90.2 Å². The van der Waals surface area contributed by atoms with Gasteiger partial charge in [-0.3, -0.25) is 0 Å². The van der Waals surface area contributed by atoms with Gasteiger partial charge in [0.05, 0.1) is 12.0 Å². The number of rotatable bonds is 7. The van der Waals surface area contributed by atoms with Gasteiger partial charge < -0.3 is 4.74 Å². The van der Waals surface area contributed by atoms with Crippen molar-refractivity contribution in [1.82, 2.24) is 24.5 Å². The van der Waals surface area contributed by atoms with Crippen molar-refractivity contribution >= 4 is 21.4 Å². The van der Waals surface area contributed by atoms with Crippen LogP contribution in [0.25, 0.3) is 5.69 Å². The summed E-state index contributed by atoms with van der Waals surface area (Å²) < 4.78 is 35.9. The fourth-order valence-corrected chi connectivity index (χ4v) is 6.21.